The number of esters is 1. The lowest BCUT2D eigenvalue weighted by molar-refractivity contribution is 0.0600. The monoisotopic (exact) mass is 290 g/mol. The Morgan fingerprint density at radius 2 is 1.95 bits per heavy atom. The van der Waals surface area contributed by atoms with E-state index >= 15 is 0 Å². The minimum absolute atomic E-state index is 0.271. The molecular formula is C17H26N2O2. The number of carbonyl (C=O) groups excluding carboxylic acids is 1. The first-order valence-electron chi connectivity index (χ1n) is 7.77. The van der Waals surface area contributed by atoms with E-state index in [2.05, 4.69) is 10.2 Å². The van der Waals surface area contributed by atoms with Gasteiger partial charge < -0.3 is 10.1 Å². The van der Waals surface area contributed by atoms with Crippen LogP contribution in [-0.2, 0) is 11.3 Å². The van der Waals surface area contributed by atoms with E-state index < -0.39 is 0 Å². The van der Waals surface area contributed by atoms with Crippen LogP contribution in [0.2, 0.25) is 0 Å². The molecule has 0 radical (unpaired) electrons. The maximum absolute atomic E-state index is 11.4. The maximum atomic E-state index is 11.4. The highest BCUT2D eigenvalue weighted by Gasteiger charge is 2.18. The molecule has 0 amide bonds. The van der Waals surface area contributed by atoms with Gasteiger partial charge in [-0.1, -0.05) is 12.1 Å². The second-order valence-corrected chi connectivity index (χ2v) is 5.80. The lowest BCUT2D eigenvalue weighted by Crippen LogP contribution is -2.34. The fraction of sp³-hybridized carbons (Fsp3) is 0.588. The second-order valence-electron chi connectivity index (χ2n) is 5.80. The largest absolute Gasteiger partial charge is 0.465 e. The first-order valence-corrected chi connectivity index (χ1v) is 7.77. The zero-order valence-corrected chi connectivity index (χ0v) is 13.1. The molecular weight excluding hydrogens is 264 g/mol. The topological polar surface area (TPSA) is 41.6 Å². The van der Waals surface area contributed by atoms with Gasteiger partial charge in [0.25, 0.3) is 0 Å². The average molecular weight is 290 g/mol. The number of hydrogen-bond acceptors (Lipinski definition) is 4. The summed E-state index contributed by atoms with van der Waals surface area (Å²) in [4.78, 5) is 13.9. The van der Waals surface area contributed by atoms with Gasteiger partial charge in [-0.05, 0) is 69.6 Å². The molecule has 1 aromatic carbocycles. The summed E-state index contributed by atoms with van der Waals surface area (Å²) in [6.07, 6.45) is 3.88. The SMILES string of the molecule is CNCCC1CCN(Cc2ccc(C(=O)OC)cc2)CC1. The zero-order chi connectivity index (χ0) is 15.1. The molecule has 21 heavy (non-hydrogen) atoms. The van der Waals surface area contributed by atoms with Gasteiger partial charge in [-0.2, -0.15) is 0 Å². The smallest absolute Gasteiger partial charge is 0.337 e. The van der Waals surface area contributed by atoms with E-state index in [0.29, 0.717) is 5.56 Å². The summed E-state index contributed by atoms with van der Waals surface area (Å²) in [5.74, 6) is 0.599. The first kappa shape index (κ1) is 16.0. The molecule has 4 nitrogen and oxygen atoms in total. The van der Waals surface area contributed by atoms with Crippen LogP contribution in [-0.4, -0.2) is 44.7 Å². The molecule has 0 bridgehead atoms. The molecule has 0 aliphatic carbocycles. The highest BCUT2D eigenvalue weighted by molar-refractivity contribution is 5.89. The van der Waals surface area contributed by atoms with Gasteiger partial charge in [-0.25, -0.2) is 4.79 Å². The summed E-state index contributed by atoms with van der Waals surface area (Å²) in [5, 5.41) is 3.23. The van der Waals surface area contributed by atoms with Gasteiger partial charge in [0.2, 0.25) is 0 Å². The number of benzene rings is 1. The standard InChI is InChI=1S/C17H26N2O2/c1-18-10-7-14-8-11-19(12-9-14)13-15-3-5-16(6-4-15)17(20)21-2/h3-6,14,18H,7-13H2,1-2H3. The molecule has 1 N–H and O–H groups in total. The fourth-order valence-electron chi connectivity index (χ4n) is 2.90. The highest BCUT2D eigenvalue weighted by Crippen LogP contribution is 2.21. The molecule has 0 aromatic heterocycles. The molecule has 1 fully saturated rings. The van der Waals surface area contributed by atoms with E-state index in [1.165, 1.54) is 45.0 Å². The van der Waals surface area contributed by atoms with Gasteiger partial charge in [0.05, 0.1) is 12.7 Å². The van der Waals surface area contributed by atoms with E-state index in [9.17, 15) is 4.79 Å². The van der Waals surface area contributed by atoms with E-state index in [0.717, 1.165) is 19.0 Å². The number of likely N-dealkylation sites (tertiary alicyclic amines) is 1. The van der Waals surface area contributed by atoms with Gasteiger partial charge in [-0.3, -0.25) is 4.90 Å². The van der Waals surface area contributed by atoms with Gasteiger partial charge in [0, 0.05) is 6.54 Å². The Bertz CT molecular complexity index is 437. The van der Waals surface area contributed by atoms with E-state index in [1.54, 1.807) is 0 Å². The Morgan fingerprint density at radius 3 is 2.52 bits per heavy atom. The third kappa shape index (κ3) is 4.83. The van der Waals surface area contributed by atoms with Crippen LogP contribution in [0.25, 0.3) is 0 Å². The molecule has 2 rings (SSSR count). The van der Waals surface area contributed by atoms with Crippen molar-refractivity contribution >= 4 is 5.97 Å². The van der Waals surface area contributed by atoms with Crippen molar-refractivity contribution in [3.8, 4) is 0 Å². The average Bonchev–Trinajstić information content (AvgIpc) is 2.54. The molecule has 1 saturated heterocycles. The highest BCUT2D eigenvalue weighted by atomic mass is 16.5. The lowest BCUT2D eigenvalue weighted by atomic mass is 9.93. The summed E-state index contributed by atoms with van der Waals surface area (Å²) in [6.45, 7) is 4.44. The number of methoxy groups -OCH3 is 1. The Morgan fingerprint density at radius 1 is 1.29 bits per heavy atom. The van der Waals surface area contributed by atoms with Crippen LogP contribution < -0.4 is 5.32 Å². The van der Waals surface area contributed by atoms with Gasteiger partial charge >= 0.3 is 5.97 Å². The van der Waals surface area contributed by atoms with Crippen molar-refractivity contribution in [2.45, 2.75) is 25.8 Å². The summed E-state index contributed by atoms with van der Waals surface area (Å²) in [7, 11) is 3.43. The number of rotatable bonds is 6. The Balaban J connectivity index is 1.79. The van der Waals surface area contributed by atoms with Crippen molar-refractivity contribution in [2.24, 2.45) is 5.92 Å². The van der Waals surface area contributed by atoms with Crippen LogP contribution in [0.15, 0.2) is 24.3 Å². The van der Waals surface area contributed by atoms with Crippen LogP contribution in [0.5, 0.6) is 0 Å². The quantitative estimate of drug-likeness (QED) is 0.816. The minimum atomic E-state index is -0.271. The predicted molar refractivity (Wildman–Crippen MR) is 84.3 cm³/mol. The number of nitrogens with zero attached hydrogens (tertiary/aromatic N) is 1. The number of ether oxygens (including phenoxy) is 1. The van der Waals surface area contributed by atoms with Gasteiger partial charge in [-0.15, -0.1) is 0 Å². The van der Waals surface area contributed by atoms with Crippen LogP contribution in [0, 0.1) is 5.92 Å². The molecule has 1 aliphatic heterocycles. The molecule has 4 heteroatoms. The van der Waals surface area contributed by atoms with Crippen LogP contribution in [0.1, 0.15) is 35.2 Å². The first-order chi connectivity index (χ1) is 10.2. The molecule has 0 spiro atoms. The summed E-state index contributed by atoms with van der Waals surface area (Å²) >= 11 is 0. The Hall–Kier alpha value is -1.39. The maximum Gasteiger partial charge on any atom is 0.337 e. The van der Waals surface area contributed by atoms with E-state index in [-0.39, 0.29) is 5.97 Å². The van der Waals surface area contributed by atoms with Gasteiger partial charge in [0.1, 0.15) is 0 Å². The van der Waals surface area contributed by atoms with E-state index in [4.69, 9.17) is 4.74 Å². The molecule has 0 saturated carbocycles. The molecule has 1 heterocycles. The van der Waals surface area contributed by atoms with Crippen molar-refractivity contribution < 1.29 is 9.53 Å². The summed E-state index contributed by atoms with van der Waals surface area (Å²) < 4.78 is 4.72. The Kier molecular flexibility index (Phi) is 6.21. The predicted octanol–water partition coefficient (Wildman–Crippen LogP) is 2.29. The van der Waals surface area contributed by atoms with Crippen LogP contribution in [0.4, 0.5) is 0 Å². The van der Waals surface area contributed by atoms with Crippen molar-refractivity contribution in [1.29, 1.82) is 0 Å². The number of carbonyl (C=O) groups is 1. The molecule has 1 aliphatic rings. The molecule has 116 valence electrons. The van der Waals surface area contributed by atoms with Crippen molar-refractivity contribution in [1.82, 2.24) is 10.2 Å². The molecule has 0 unspecified atom stereocenters. The molecule has 0 atom stereocenters. The summed E-state index contributed by atoms with van der Waals surface area (Å²) in [5.41, 5.74) is 1.88. The van der Waals surface area contributed by atoms with Crippen LogP contribution in [0.3, 0.4) is 0 Å². The zero-order valence-electron chi connectivity index (χ0n) is 13.1. The molecule has 1 aromatic rings. The number of hydrogen-bond donors (Lipinski definition) is 1. The third-order valence-corrected chi connectivity index (χ3v) is 4.29. The second kappa shape index (κ2) is 8.15. The van der Waals surface area contributed by atoms with E-state index in [1.807, 2.05) is 31.3 Å². The Labute approximate surface area is 127 Å². The lowest BCUT2D eigenvalue weighted by Gasteiger charge is -2.32. The number of nitrogens with one attached hydrogen (secondary N) is 1. The summed E-state index contributed by atoms with van der Waals surface area (Å²) in [6, 6.07) is 7.75. The van der Waals surface area contributed by atoms with Crippen molar-refractivity contribution in [3.63, 3.8) is 0 Å². The number of piperidine rings is 1. The normalized spacial score (nSPS) is 16.9. The fourth-order valence-corrected chi connectivity index (χ4v) is 2.90. The van der Waals surface area contributed by atoms with Crippen molar-refractivity contribution in [2.75, 3.05) is 33.8 Å². The van der Waals surface area contributed by atoms with Crippen LogP contribution >= 0.6 is 0 Å². The third-order valence-electron chi connectivity index (χ3n) is 4.29. The van der Waals surface area contributed by atoms with Crippen molar-refractivity contribution in [3.05, 3.63) is 35.4 Å². The van der Waals surface area contributed by atoms with Gasteiger partial charge in [0.15, 0.2) is 0 Å². The minimum Gasteiger partial charge on any atom is -0.465 e.